The standard InChI is InChI=1S/C22H29BrCl2N2O2/c1-4-27(5-2)11-10-26-14-16-12-18(23)22(21(13-16)28-6-3)29-15-17-19(24)8-7-9-20(17)25/h7-9,12-13,26H,4-6,10-11,14-15H2,1-3H3. The number of nitrogens with one attached hydrogen (secondary N) is 1. The third kappa shape index (κ3) is 7.34. The van der Waals surface area contributed by atoms with Crippen molar-refractivity contribution < 1.29 is 9.47 Å². The van der Waals surface area contributed by atoms with Gasteiger partial charge in [-0.05, 0) is 65.8 Å². The second-order valence-corrected chi connectivity index (χ2v) is 8.20. The lowest BCUT2D eigenvalue weighted by atomic mass is 10.2. The lowest BCUT2D eigenvalue weighted by molar-refractivity contribution is 0.267. The molecule has 0 bridgehead atoms. The van der Waals surface area contributed by atoms with Gasteiger partial charge in [-0.2, -0.15) is 0 Å². The fraction of sp³-hybridized carbons (Fsp3) is 0.455. The van der Waals surface area contributed by atoms with Crippen molar-refractivity contribution in [2.24, 2.45) is 0 Å². The largest absolute Gasteiger partial charge is 0.490 e. The Morgan fingerprint density at radius 1 is 1.03 bits per heavy atom. The zero-order valence-electron chi connectivity index (χ0n) is 17.2. The second kappa shape index (κ2) is 12.7. The van der Waals surface area contributed by atoms with E-state index in [0.717, 1.165) is 48.3 Å². The summed E-state index contributed by atoms with van der Waals surface area (Å²) in [5.41, 5.74) is 1.88. The Labute approximate surface area is 192 Å². The Balaban J connectivity index is 2.07. The maximum Gasteiger partial charge on any atom is 0.175 e. The van der Waals surface area contributed by atoms with Crippen molar-refractivity contribution in [2.45, 2.75) is 33.9 Å². The molecule has 0 aliphatic carbocycles. The van der Waals surface area contributed by atoms with Crippen molar-refractivity contribution >= 4 is 39.1 Å². The molecule has 0 aliphatic heterocycles. The number of benzene rings is 2. The van der Waals surface area contributed by atoms with Crippen LogP contribution in [0.4, 0.5) is 0 Å². The summed E-state index contributed by atoms with van der Waals surface area (Å²) in [7, 11) is 0. The van der Waals surface area contributed by atoms with Crippen LogP contribution in [0.25, 0.3) is 0 Å². The van der Waals surface area contributed by atoms with E-state index in [-0.39, 0.29) is 6.61 Å². The predicted octanol–water partition coefficient (Wildman–Crippen LogP) is 6.17. The number of hydrogen-bond donors (Lipinski definition) is 1. The van der Waals surface area contributed by atoms with Crippen LogP contribution in [-0.4, -0.2) is 37.7 Å². The van der Waals surface area contributed by atoms with E-state index in [1.807, 2.05) is 19.1 Å². The van der Waals surface area contributed by atoms with Crippen LogP contribution in [0.3, 0.4) is 0 Å². The molecule has 160 valence electrons. The molecule has 0 aromatic heterocycles. The molecular weight excluding hydrogens is 475 g/mol. The van der Waals surface area contributed by atoms with Gasteiger partial charge in [0.05, 0.1) is 11.1 Å². The first-order valence-corrected chi connectivity index (χ1v) is 11.5. The van der Waals surface area contributed by atoms with E-state index in [1.165, 1.54) is 0 Å². The van der Waals surface area contributed by atoms with Crippen LogP contribution in [0.1, 0.15) is 31.9 Å². The molecule has 1 N–H and O–H groups in total. The predicted molar refractivity (Wildman–Crippen MR) is 126 cm³/mol. The summed E-state index contributed by atoms with van der Waals surface area (Å²) >= 11 is 16.1. The third-order valence-corrected chi connectivity index (χ3v) is 5.92. The van der Waals surface area contributed by atoms with Gasteiger partial charge in [-0.3, -0.25) is 0 Å². The van der Waals surface area contributed by atoms with Gasteiger partial charge < -0.3 is 19.7 Å². The maximum absolute atomic E-state index is 6.26. The molecule has 0 radical (unpaired) electrons. The van der Waals surface area contributed by atoms with Crippen LogP contribution >= 0.6 is 39.1 Å². The summed E-state index contributed by atoms with van der Waals surface area (Å²) in [6, 6.07) is 9.49. The van der Waals surface area contributed by atoms with Gasteiger partial charge in [0.1, 0.15) is 6.61 Å². The van der Waals surface area contributed by atoms with Crippen LogP contribution in [0.5, 0.6) is 11.5 Å². The lowest BCUT2D eigenvalue weighted by Crippen LogP contribution is -2.31. The number of nitrogens with zero attached hydrogens (tertiary/aromatic N) is 1. The molecule has 4 nitrogen and oxygen atoms in total. The monoisotopic (exact) mass is 502 g/mol. The van der Waals surface area contributed by atoms with E-state index < -0.39 is 0 Å². The summed E-state index contributed by atoms with van der Waals surface area (Å²) in [6.45, 7) is 12.0. The number of hydrogen-bond acceptors (Lipinski definition) is 4. The minimum absolute atomic E-state index is 0.263. The molecule has 0 fully saturated rings. The van der Waals surface area contributed by atoms with Crippen LogP contribution in [-0.2, 0) is 13.2 Å². The van der Waals surface area contributed by atoms with Gasteiger partial charge >= 0.3 is 0 Å². The van der Waals surface area contributed by atoms with E-state index in [0.29, 0.717) is 28.2 Å². The van der Waals surface area contributed by atoms with Crippen molar-refractivity contribution in [3.8, 4) is 11.5 Å². The minimum atomic E-state index is 0.263. The summed E-state index contributed by atoms with van der Waals surface area (Å²) in [5.74, 6) is 1.35. The first-order valence-electron chi connectivity index (χ1n) is 9.94. The highest BCUT2D eigenvalue weighted by Gasteiger charge is 2.14. The second-order valence-electron chi connectivity index (χ2n) is 6.53. The van der Waals surface area contributed by atoms with Gasteiger partial charge in [-0.15, -0.1) is 0 Å². The molecule has 0 unspecified atom stereocenters. The Bertz CT molecular complexity index is 765. The van der Waals surface area contributed by atoms with Gasteiger partial charge in [0.2, 0.25) is 0 Å². The molecule has 0 heterocycles. The smallest absolute Gasteiger partial charge is 0.175 e. The Morgan fingerprint density at radius 2 is 1.72 bits per heavy atom. The van der Waals surface area contributed by atoms with Crippen molar-refractivity contribution in [3.63, 3.8) is 0 Å². The van der Waals surface area contributed by atoms with Crippen LogP contribution < -0.4 is 14.8 Å². The Kier molecular flexibility index (Phi) is 10.6. The molecule has 7 heteroatoms. The SMILES string of the molecule is CCOc1cc(CNCCN(CC)CC)cc(Br)c1OCc1c(Cl)cccc1Cl. The molecule has 0 saturated carbocycles. The minimum Gasteiger partial charge on any atom is -0.490 e. The first kappa shape index (κ1) is 24.3. The highest BCUT2D eigenvalue weighted by Crippen LogP contribution is 2.38. The van der Waals surface area contributed by atoms with E-state index in [9.17, 15) is 0 Å². The molecule has 0 atom stereocenters. The number of halogens is 3. The summed E-state index contributed by atoms with van der Waals surface area (Å²) in [6.07, 6.45) is 0. The normalized spacial score (nSPS) is 11.1. The quantitative estimate of drug-likeness (QED) is 0.351. The topological polar surface area (TPSA) is 33.7 Å². The average Bonchev–Trinajstić information content (AvgIpc) is 2.69. The van der Waals surface area contributed by atoms with Gasteiger partial charge in [-0.25, -0.2) is 0 Å². The highest BCUT2D eigenvalue weighted by atomic mass is 79.9. The first-order chi connectivity index (χ1) is 14.0. The molecule has 0 aliphatic rings. The van der Waals surface area contributed by atoms with Gasteiger partial charge in [0.25, 0.3) is 0 Å². The third-order valence-electron chi connectivity index (χ3n) is 4.62. The van der Waals surface area contributed by atoms with E-state index >= 15 is 0 Å². The molecule has 2 rings (SSSR count). The van der Waals surface area contributed by atoms with Gasteiger partial charge in [0, 0.05) is 35.2 Å². The van der Waals surface area contributed by atoms with Crippen molar-refractivity contribution in [3.05, 3.63) is 56.0 Å². The fourth-order valence-electron chi connectivity index (χ4n) is 2.95. The molecule has 0 saturated heterocycles. The molecule has 29 heavy (non-hydrogen) atoms. The van der Waals surface area contributed by atoms with E-state index in [2.05, 4.69) is 46.1 Å². The Hall–Kier alpha value is -0.980. The molecule has 2 aromatic rings. The van der Waals surface area contributed by atoms with Gasteiger partial charge in [-0.1, -0.05) is 43.1 Å². The lowest BCUT2D eigenvalue weighted by Gasteiger charge is -2.19. The summed E-state index contributed by atoms with van der Waals surface area (Å²) in [4.78, 5) is 2.39. The van der Waals surface area contributed by atoms with Crippen molar-refractivity contribution in [2.75, 3.05) is 32.8 Å². The number of ether oxygens (including phenoxy) is 2. The molecular formula is C22H29BrCl2N2O2. The summed E-state index contributed by atoms with van der Waals surface area (Å²) < 4.78 is 12.7. The Morgan fingerprint density at radius 3 is 2.34 bits per heavy atom. The zero-order valence-corrected chi connectivity index (χ0v) is 20.3. The highest BCUT2D eigenvalue weighted by molar-refractivity contribution is 9.10. The van der Waals surface area contributed by atoms with Crippen molar-refractivity contribution in [1.29, 1.82) is 0 Å². The fourth-order valence-corrected chi connectivity index (χ4v) is 4.06. The zero-order chi connectivity index (χ0) is 21.2. The summed E-state index contributed by atoms with van der Waals surface area (Å²) in [5, 5.41) is 4.66. The number of likely N-dealkylation sites (N-methyl/N-ethyl adjacent to an activating group) is 1. The van der Waals surface area contributed by atoms with Crippen LogP contribution in [0.2, 0.25) is 10.0 Å². The molecule has 2 aromatic carbocycles. The van der Waals surface area contributed by atoms with Crippen LogP contribution in [0.15, 0.2) is 34.8 Å². The van der Waals surface area contributed by atoms with Crippen LogP contribution in [0, 0.1) is 0 Å². The number of rotatable bonds is 12. The molecule has 0 spiro atoms. The van der Waals surface area contributed by atoms with E-state index in [4.69, 9.17) is 32.7 Å². The molecule has 0 amide bonds. The average molecular weight is 504 g/mol. The maximum atomic E-state index is 6.26. The van der Waals surface area contributed by atoms with Gasteiger partial charge in [0.15, 0.2) is 11.5 Å². The van der Waals surface area contributed by atoms with Crippen molar-refractivity contribution in [1.82, 2.24) is 10.2 Å². The van der Waals surface area contributed by atoms with E-state index in [1.54, 1.807) is 12.1 Å².